The molecule has 30 heavy (non-hydrogen) atoms. The van der Waals surface area contributed by atoms with Crippen molar-refractivity contribution in [3.8, 4) is 21.3 Å². The molecule has 0 spiro atoms. The number of para-hydroxylation sites is 1. The maximum Gasteiger partial charge on any atom is 0.141 e. The van der Waals surface area contributed by atoms with E-state index < -0.39 is 0 Å². The number of nitrogens with zero attached hydrogens (tertiary/aromatic N) is 5. The molecule has 0 aliphatic rings. The molecule has 1 aromatic carbocycles. The number of thiazole rings is 2. The third-order valence-electron chi connectivity index (χ3n) is 4.21. The Morgan fingerprint density at radius 3 is 2.17 bits per heavy atom. The Morgan fingerprint density at radius 2 is 1.50 bits per heavy atom. The van der Waals surface area contributed by atoms with E-state index in [-0.39, 0.29) is 21.1 Å². The van der Waals surface area contributed by atoms with Crippen molar-refractivity contribution in [3.05, 3.63) is 90.0 Å². The van der Waals surface area contributed by atoms with Crippen LogP contribution < -0.4 is 4.90 Å². The van der Waals surface area contributed by atoms with Crippen LogP contribution in [0.4, 0.5) is 17.3 Å². The first-order valence-electron chi connectivity index (χ1n) is 8.89. The van der Waals surface area contributed by atoms with Gasteiger partial charge < -0.3 is 4.98 Å². The van der Waals surface area contributed by atoms with Crippen molar-refractivity contribution in [2.45, 2.75) is 0 Å². The molecular formula is C22H14N5PtS2-. The van der Waals surface area contributed by atoms with Gasteiger partial charge in [0, 0.05) is 38.3 Å². The number of pyridine rings is 2. The second kappa shape index (κ2) is 9.39. The van der Waals surface area contributed by atoms with Gasteiger partial charge in [0.2, 0.25) is 0 Å². The van der Waals surface area contributed by atoms with Crippen molar-refractivity contribution >= 4 is 40.0 Å². The van der Waals surface area contributed by atoms with Crippen LogP contribution in [0.5, 0.6) is 0 Å². The van der Waals surface area contributed by atoms with Gasteiger partial charge in [-0.1, -0.05) is 47.5 Å². The first-order chi connectivity index (χ1) is 14.4. The maximum atomic E-state index is 4.88. The van der Waals surface area contributed by atoms with Crippen LogP contribution in [0.1, 0.15) is 0 Å². The van der Waals surface area contributed by atoms with Gasteiger partial charge in [0.25, 0.3) is 0 Å². The van der Waals surface area contributed by atoms with Crippen molar-refractivity contribution in [1.82, 2.24) is 19.9 Å². The zero-order chi connectivity index (χ0) is 19.5. The van der Waals surface area contributed by atoms with E-state index in [1.54, 1.807) is 23.0 Å². The molecular weight excluding hydrogens is 593 g/mol. The van der Waals surface area contributed by atoms with Gasteiger partial charge in [-0.05, 0) is 41.5 Å². The first kappa shape index (κ1) is 20.5. The van der Waals surface area contributed by atoms with Crippen LogP contribution in [0.3, 0.4) is 0 Å². The van der Waals surface area contributed by atoms with Crippen LogP contribution in [-0.2, 0) is 21.1 Å². The summed E-state index contributed by atoms with van der Waals surface area (Å²) in [5.74, 6) is 1.56. The molecule has 5 nitrogen and oxygen atoms in total. The van der Waals surface area contributed by atoms with Gasteiger partial charge in [-0.3, -0.25) is 9.88 Å². The summed E-state index contributed by atoms with van der Waals surface area (Å²) in [6, 6.07) is 22.0. The summed E-state index contributed by atoms with van der Waals surface area (Å²) in [6.45, 7) is 0. The van der Waals surface area contributed by atoms with Gasteiger partial charge in [0.05, 0.1) is 0 Å². The van der Waals surface area contributed by atoms with Crippen molar-refractivity contribution in [1.29, 1.82) is 0 Å². The predicted octanol–water partition coefficient (Wildman–Crippen LogP) is 5.99. The van der Waals surface area contributed by atoms with Crippen molar-refractivity contribution in [2.75, 3.05) is 4.90 Å². The largest absolute Gasteiger partial charge is 0.381 e. The van der Waals surface area contributed by atoms with Crippen LogP contribution in [0, 0.1) is 6.20 Å². The average Bonchev–Trinajstić information content (AvgIpc) is 3.50. The molecule has 0 N–H and O–H groups in total. The SMILES string of the molecule is [Pt].[c-]1ncsc1-c1cccc(N(c2ccccc2)c2cccc(-c3nccs3)n2)n1. The van der Waals surface area contributed by atoms with Crippen LogP contribution >= 0.6 is 22.7 Å². The van der Waals surface area contributed by atoms with Gasteiger partial charge in [0.15, 0.2) is 0 Å². The molecule has 0 aliphatic carbocycles. The third kappa shape index (κ3) is 4.24. The molecule has 0 saturated heterocycles. The fourth-order valence-corrected chi connectivity index (χ4v) is 4.12. The molecule has 8 heteroatoms. The first-order valence-corrected chi connectivity index (χ1v) is 10.6. The Labute approximate surface area is 196 Å². The summed E-state index contributed by atoms with van der Waals surface area (Å²) in [5, 5.41) is 2.84. The second-order valence-electron chi connectivity index (χ2n) is 6.06. The molecule has 5 rings (SSSR count). The number of anilines is 3. The van der Waals surface area contributed by atoms with Crippen LogP contribution in [0.25, 0.3) is 21.3 Å². The van der Waals surface area contributed by atoms with Crippen LogP contribution in [-0.4, -0.2) is 19.9 Å². The predicted molar refractivity (Wildman–Crippen MR) is 118 cm³/mol. The van der Waals surface area contributed by atoms with E-state index in [4.69, 9.17) is 9.97 Å². The maximum absolute atomic E-state index is 4.88. The van der Waals surface area contributed by atoms with Crippen LogP contribution in [0.2, 0.25) is 0 Å². The Hall–Kier alpha value is -2.73. The zero-order valence-electron chi connectivity index (χ0n) is 15.5. The molecule has 5 aromatic rings. The number of hydrogen-bond donors (Lipinski definition) is 0. The quantitative estimate of drug-likeness (QED) is 0.230. The van der Waals surface area contributed by atoms with Crippen LogP contribution in [0.15, 0.2) is 83.8 Å². The molecule has 0 amide bonds. The van der Waals surface area contributed by atoms with Gasteiger partial charge in [-0.2, -0.15) is 0 Å². The minimum absolute atomic E-state index is 0. The van der Waals surface area contributed by atoms with Gasteiger partial charge in [-0.25, -0.2) is 21.3 Å². The smallest absolute Gasteiger partial charge is 0.141 e. The van der Waals surface area contributed by atoms with Crippen molar-refractivity contribution in [2.24, 2.45) is 0 Å². The molecule has 0 atom stereocenters. The Bertz CT molecular complexity index is 1130. The zero-order valence-corrected chi connectivity index (χ0v) is 19.4. The molecule has 0 bridgehead atoms. The molecule has 0 unspecified atom stereocenters. The third-order valence-corrected chi connectivity index (χ3v) is 5.76. The Balaban J connectivity index is 0.00000218. The minimum atomic E-state index is 0. The summed E-state index contributed by atoms with van der Waals surface area (Å²) in [4.78, 5) is 21.1. The topological polar surface area (TPSA) is 54.8 Å². The summed E-state index contributed by atoms with van der Waals surface area (Å²) in [5.41, 5.74) is 4.42. The van der Waals surface area contributed by atoms with E-state index in [0.29, 0.717) is 0 Å². The monoisotopic (exact) mass is 607 g/mol. The normalized spacial score (nSPS) is 10.4. The molecule has 4 heterocycles. The average molecular weight is 608 g/mol. The fourth-order valence-electron chi connectivity index (χ4n) is 2.96. The van der Waals surface area contributed by atoms with Crippen molar-refractivity contribution < 1.29 is 21.1 Å². The molecule has 0 fully saturated rings. The summed E-state index contributed by atoms with van der Waals surface area (Å²) >= 11 is 3.09. The van der Waals surface area contributed by atoms with Gasteiger partial charge >= 0.3 is 0 Å². The van der Waals surface area contributed by atoms with E-state index >= 15 is 0 Å². The summed E-state index contributed by atoms with van der Waals surface area (Å²) in [7, 11) is 0. The number of rotatable bonds is 5. The summed E-state index contributed by atoms with van der Waals surface area (Å²) in [6.07, 6.45) is 4.78. The number of benzene rings is 1. The molecule has 0 aliphatic heterocycles. The minimum Gasteiger partial charge on any atom is -0.381 e. The van der Waals surface area contributed by atoms with E-state index in [2.05, 4.69) is 16.2 Å². The van der Waals surface area contributed by atoms with E-state index in [0.717, 1.165) is 38.6 Å². The number of hydrogen-bond acceptors (Lipinski definition) is 7. The molecule has 4 aromatic heterocycles. The molecule has 150 valence electrons. The fraction of sp³-hybridized carbons (Fsp3) is 0. The second-order valence-corrected chi connectivity index (χ2v) is 7.81. The van der Waals surface area contributed by atoms with Gasteiger partial charge in [0.1, 0.15) is 22.3 Å². The van der Waals surface area contributed by atoms with E-state index in [1.165, 1.54) is 11.3 Å². The molecule has 0 radical (unpaired) electrons. The Morgan fingerprint density at radius 1 is 0.767 bits per heavy atom. The number of aromatic nitrogens is 4. The van der Waals surface area contributed by atoms with Crippen molar-refractivity contribution in [3.63, 3.8) is 0 Å². The standard InChI is InChI=1S/C22H14N5S2.Pt/c1-2-6-16(7-3-1)27(20-10-4-8-17(25-20)19-14-23-15-29-19)21-11-5-9-18(26-21)22-24-12-13-28-22;/h1-13,15H;/q-1;. The van der Waals surface area contributed by atoms with Gasteiger partial charge in [-0.15, -0.1) is 11.3 Å². The van der Waals surface area contributed by atoms with E-state index in [1.807, 2.05) is 77.0 Å². The molecule has 0 saturated carbocycles. The van der Waals surface area contributed by atoms with E-state index in [9.17, 15) is 0 Å². The Kier molecular flexibility index (Phi) is 6.43. The summed E-state index contributed by atoms with van der Waals surface area (Å²) < 4.78 is 0.